The summed E-state index contributed by atoms with van der Waals surface area (Å²) >= 11 is 2.80. The van der Waals surface area contributed by atoms with Gasteiger partial charge >= 0.3 is 0 Å². The minimum Gasteiger partial charge on any atom is -0.365 e. The highest BCUT2D eigenvalue weighted by molar-refractivity contribution is 7.16. The lowest BCUT2D eigenvalue weighted by atomic mass is 10.2. The third-order valence-electron chi connectivity index (χ3n) is 2.96. The number of rotatable bonds is 4. The molecule has 18 heavy (non-hydrogen) atoms. The van der Waals surface area contributed by atoms with E-state index in [1.807, 2.05) is 6.92 Å². The fourth-order valence-electron chi connectivity index (χ4n) is 1.82. The van der Waals surface area contributed by atoms with Crippen LogP contribution in [0, 0.1) is 18.4 Å². The Kier molecular flexibility index (Phi) is 2.91. The zero-order valence-corrected chi connectivity index (χ0v) is 11.5. The highest BCUT2D eigenvalue weighted by Crippen LogP contribution is 2.37. The van der Waals surface area contributed by atoms with Crippen LogP contribution >= 0.6 is 22.7 Å². The highest BCUT2D eigenvalue weighted by atomic mass is 32.1. The van der Waals surface area contributed by atoms with Gasteiger partial charge in [-0.2, -0.15) is 0 Å². The summed E-state index contributed by atoms with van der Waals surface area (Å²) in [5, 5.41) is 1.01. The lowest BCUT2D eigenvalue weighted by Gasteiger charge is -1.95. The van der Waals surface area contributed by atoms with E-state index < -0.39 is 5.91 Å². The maximum atomic E-state index is 11.5. The zero-order chi connectivity index (χ0) is 12.7. The highest BCUT2D eigenvalue weighted by Gasteiger charge is 2.26. The molecular formula is C12H12N3OS2. The Labute approximate surface area is 113 Å². The SMILES string of the molecule is Cc1n[c]sc1-c1nc(CC2CC2)sc1C(N)=O. The second-order valence-corrected chi connectivity index (χ2v) is 6.40. The molecule has 2 aromatic heterocycles. The number of thiazole rings is 2. The largest absolute Gasteiger partial charge is 0.365 e. The van der Waals surface area contributed by atoms with Gasteiger partial charge in [0.05, 0.1) is 15.6 Å². The van der Waals surface area contributed by atoms with Gasteiger partial charge < -0.3 is 5.73 Å². The molecule has 4 nitrogen and oxygen atoms in total. The number of aryl methyl sites for hydroxylation is 1. The Hall–Kier alpha value is -1.27. The molecule has 0 atom stereocenters. The number of carbonyl (C=O) groups excluding carboxylic acids is 1. The predicted molar refractivity (Wildman–Crippen MR) is 71.7 cm³/mol. The molecule has 0 unspecified atom stereocenters. The fraction of sp³-hybridized carbons (Fsp3) is 0.417. The Balaban J connectivity index is 2.03. The minimum absolute atomic E-state index is 0.405. The molecule has 0 spiro atoms. The molecule has 1 radical (unpaired) electrons. The van der Waals surface area contributed by atoms with Crippen molar-refractivity contribution >= 4 is 28.6 Å². The van der Waals surface area contributed by atoms with Gasteiger partial charge in [0, 0.05) is 6.42 Å². The van der Waals surface area contributed by atoms with E-state index in [9.17, 15) is 4.79 Å². The third-order valence-corrected chi connectivity index (χ3v) is 4.93. The van der Waals surface area contributed by atoms with Crippen LogP contribution in [0.4, 0.5) is 0 Å². The molecule has 2 N–H and O–H groups in total. The van der Waals surface area contributed by atoms with Crippen molar-refractivity contribution in [2.45, 2.75) is 26.2 Å². The summed E-state index contributed by atoms with van der Waals surface area (Å²) in [5.74, 6) is 0.344. The van der Waals surface area contributed by atoms with E-state index in [1.54, 1.807) is 0 Å². The van der Waals surface area contributed by atoms with E-state index in [0.29, 0.717) is 10.6 Å². The van der Waals surface area contributed by atoms with E-state index in [1.165, 1.54) is 35.5 Å². The summed E-state index contributed by atoms with van der Waals surface area (Å²) in [6, 6.07) is 0. The number of hydrogen-bond donors (Lipinski definition) is 1. The van der Waals surface area contributed by atoms with Crippen LogP contribution in [0.1, 0.15) is 33.2 Å². The Morgan fingerprint density at radius 1 is 1.56 bits per heavy atom. The monoisotopic (exact) mass is 278 g/mol. The van der Waals surface area contributed by atoms with E-state index in [-0.39, 0.29) is 0 Å². The van der Waals surface area contributed by atoms with E-state index >= 15 is 0 Å². The average Bonchev–Trinajstić information content (AvgIpc) is 2.86. The van der Waals surface area contributed by atoms with Crippen molar-refractivity contribution in [3.63, 3.8) is 0 Å². The first-order valence-corrected chi connectivity index (χ1v) is 7.42. The second kappa shape index (κ2) is 4.44. The van der Waals surface area contributed by atoms with E-state index in [4.69, 9.17) is 5.73 Å². The summed E-state index contributed by atoms with van der Waals surface area (Å²) < 4.78 is 0. The smallest absolute Gasteiger partial charge is 0.261 e. The summed E-state index contributed by atoms with van der Waals surface area (Å²) in [7, 11) is 0. The number of amides is 1. The molecule has 6 heteroatoms. The van der Waals surface area contributed by atoms with Gasteiger partial charge in [-0.3, -0.25) is 4.79 Å². The lowest BCUT2D eigenvalue weighted by molar-refractivity contribution is 0.100. The van der Waals surface area contributed by atoms with Crippen LogP contribution < -0.4 is 5.73 Å². The second-order valence-electron chi connectivity index (χ2n) is 4.52. The average molecular weight is 278 g/mol. The first-order valence-electron chi connectivity index (χ1n) is 5.78. The van der Waals surface area contributed by atoms with Gasteiger partial charge in [-0.05, 0) is 25.7 Å². The van der Waals surface area contributed by atoms with Gasteiger partial charge in [-0.1, -0.05) is 0 Å². The number of primary amides is 1. The molecule has 1 aliphatic rings. The summed E-state index contributed by atoms with van der Waals surface area (Å²) in [6.07, 6.45) is 3.51. The standard InChI is InChI=1S/C12H12N3OS2/c1-6-10(17-5-14-6)9-11(12(13)16)18-8(15-9)4-7-2-3-7/h7H,2-4H2,1H3,(H2,13,16). The van der Waals surface area contributed by atoms with Gasteiger partial charge in [0.2, 0.25) is 0 Å². The van der Waals surface area contributed by atoms with Gasteiger partial charge in [-0.25, -0.2) is 9.97 Å². The number of nitrogens with zero attached hydrogens (tertiary/aromatic N) is 2. The van der Waals surface area contributed by atoms with Crippen LogP contribution in [0.5, 0.6) is 0 Å². The molecule has 93 valence electrons. The van der Waals surface area contributed by atoms with Gasteiger partial charge in [-0.15, -0.1) is 22.7 Å². The van der Waals surface area contributed by atoms with Crippen LogP contribution in [-0.2, 0) is 6.42 Å². The molecule has 1 fully saturated rings. The first-order chi connectivity index (χ1) is 8.65. The molecule has 2 heterocycles. The Bertz CT molecular complexity index is 598. The van der Waals surface area contributed by atoms with Gasteiger partial charge in [0.15, 0.2) is 5.51 Å². The molecular weight excluding hydrogens is 266 g/mol. The topological polar surface area (TPSA) is 68.9 Å². The third kappa shape index (κ3) is 2.18. The van der Waals surface area contributed by atoms with Crippen molar-refractivity contribution in [3.8, 4) is 10.6 Å². The molecule has 0 aromatic carbocycles. The van der Waals surface area contributed by atoms with Crippen LogP contribution in [0.3, 0.4) is 0 Å². The summed E-state index contributed by atoms with van der Waals surface area (Å²) in [5.41, 5.74) is 9.81. The molecule has 0 bridgehead atoms. The van der Waals surface area contributed by atoms with E-state index in [0.717, 1.165) is 27.9 Å². The molecule has 2 aromatic rings. The molecule has 0 saturated heterocycles. The number of hydrogen-bond acceptors (Lipinski definition) is 5. The number of aromatic nitrogens is 2. The van der Waals surface area contributed by atoms with Gasteiger partial charge in [0.1, 0.15) is 10.6 Å². The van der Waals surface area contributed by atoms with Crippen LogP contribution in [0.15, 0.2) is 0 Å². The molecule has 1 aliphatic carbocycles. The van der Waals surface area contributed by atoms with Crippen molar-refractivity contribution in [1.82, 2.24) is 9.97 Å². The van der Waals surface area contributed by atoms with Crippen LogP contribution in [0.25, 0.3) is 10.6 Å². The van der Waals surface area contributed by atoms with Crippen molar-refractivity contribution in [3.05, 3.63) is 21.1 Å². The minimum atomic E-state index is -0.405. The normalized spacial score (nSPS) is 14.9. The fourth-order valence-corrected chi connectivity index (χ4v) is 3.64. The lowest BCUT2D eigenvalue weighted by Crippen LogP contribution is -2.10. The zero-order valence-electron chi connectivity index (χ0n) is 9.90. The van der Waals surface area contributed by atoms with Crippen LogP contribution in [-0.4, -0.2) is 15.9 Å². The predicted octanol–water partition coefficient (Wildman–Crippen LogP) is 2.43. The molecule has 0 aliphatic heterocycles. The van der Waals surface area contributed by atoms with Crippen LogP contribution in [0.2, 0.25) is 0 Å². The quantitative estimate of drug-likeness (QED) is 0.933. The molecule has 3 rings (SSSR count). The Morgan fingerprint density at radius 2 is 2.33 bits per heavy atom. The van der Waals surface area contributed by atoms with E-state index in [2.05, 4.69) is 15.5 Å². The maximum absolute atomic E-state index is 11.5. The Morgan fingerprint density at radius 3 is 2.89 bits per heavy atom. The molecule has 1 amide bonds. The maximum Gasteiger partial charge on any atom is 0.261 e. The van der Waals surface area contributed by atoms with Crippen molar-refractivity contribution in [2.24, 2.45) is 11.7 Å². The summed E-state index contributed by atoms with van der Waals surface area (Å²) in [4.78, 5) is 21.6. The molecule has 1 saturated carbocycles. The first kappa shape index (κ1) is 11.8. The van der Waals surface area contributed by atoms with Crippen molar-refractivity contribution in [2.75, 3.05) is 0 Å². The summed E-state index contributed by atoms with van der Waals surface area (Å²) in [6.45, 7) is 1.90. The van der Waals surface area contributed by atoms with Gasteiger partial charge in [0.25, 0.3) is 5.91 Å². The van der Waals surface area contributed by atoms with Crippen molar-refractivity contribution in [1.29, 1.82) is 0 Å². The number of nitrogens with two attached hydrogens (primary N) is 1. The number of carbonyl (C=O) groups is 1. The van der Waals surface area contributed by atoms with Crippen molar-refractivity contribution < 1.29 is 4.79 Å².